The standard InChI is InChI=1S/C17H16ClN9O5S2/c18-6-13(28)21-16-20-10(7-33-16)5-12-23-24-17(34-8-14(29)22-19)26(12)25-15(30)9-2-1-3-11(4-9)27(31)32/h1-4,7H,5-6,8,19H2,(H,22,29)(H,25,30)(H,20,21,28). The maximum Gasteiger partial charge on any atom is 0.270 e. The molecule has 0 bridgehead atoms. The third-order valence-corrected chi connectivity index (χ3v) is 5.96. The molecule has 0 radical (unpaired) electrons. The topological polar surface area (TPSA) is 200 Å². The Morgan fingerprint density at radius 2 is 2.06 bits per heavy atom. The summed E-state index contributed by atoms with van der Waals surface area (Å²) in [6, 6.07) is 5.18. The Hall–Kier alpha value is -3.60. The molecule has 2 aromatic heterocycles. The van der Waals surface area contributed by atoms with Crippen LogP contribution in [0.2, 0.25) is 0 Å². The Morgan fingerprint density at radius 1 is 1.26 bits per heavy atom. The third-order valence-electron chi connectivity index (χ3n) is 3.98. The first-order chi connectivity index (χ1) is 16.3. The van der Waals surface area contributed by atoms with Gasteiger partial charge in [0, 0.05) is 23.1 Å². The van der Waals surface area contributed by atoms with Crippen LogP contribution in [0.1, 0.15) is 21.9 Å². The quantitative estimate of drug-likeness (QED) is 0.0734. The van der Waals surface area contributed by atoms with E-state index in [1.165, 1.54) is 34.2 Å². The number of rotatable bonds is 10. The molecule has 0 aliphatic carbocycles. The lowest BCUT2D eigenvalue weighted by atomic mass is 10.2. The van der Waals surface area contributed by atoms with Gasteiger partial charge in [0.15, 0.2) is 11.0 Å². The number of thioether (sulfide) groups is 1. The number of nitrogens with two attached hydrogens (primary N) is 1. The summed E-state index contributed by atoms with van der Waals surface area (Å²) >= 11 is 7.61. The second-order valence-corrected chi connectivity index (χ2v) is 8.41. The fraction of sp³-hybridized carbons (Fsp3) is 0.176. The SMILES string of the molecule is NNC(=O)CSc1nnc(Cc2csc(NC(=O)CCl)n2)n1NC(=O)c1cccc([N+](=O)[O-])c1. The molecule has 0 unspecified atom stereocenters. The zero-order valence-electron chi connectivity index (χ0n) is 17.1. The first-order valence-electron chi connectivity index (χ1n) is 9.23. The van der Waals surface area contributed by atoms with Gasteiger partial charge in [0.1, 0.15) is 5.88 Å². The minimum absolute atomic E-state index is 0.0317. The van der Waals surface area contributed by atoms with Gasteiger partial charge in [-0.25, -0.2) is 15.5 Å². The number of aromatic nitrogens is 4. The highest BCUT2D eigenvalue weighted by atomic mass is 35.5. The van der Waals surface area contributed by atoms with Crippen LogP contribution in [-0.4, -0.2) is 54.1 Å². The Morgan fingerprint density at radius 3 is 2.76 bits per heavy atom. The van der Waals surface area contributed by atoms with Gasteiger partial charge in [0.2, 0.25) is 17.0 Å². The lowest BCUT2D eigenvalue weighted by Crippen LogP contribution is -2.32. The van der Waals surface area contributed by atoms with Crippen molar-refractivity contribution in [1.29, 1.82) is 0 Å². The van der Waals surface area contributed by atoms with Crippen molar-refractivity contribution in [2.24, 2.45) is 5.84 Å². The van der Waals surface area contributed by atoms with Crippen LogP contribution in [0, 0.1) is 10.1 Å². The molecule has 5 N–H and O–H groups in total. The van der Waals surface area contributed by atoms with Crippen molar-refractivity contribution in [2.45, 2.75) is 11.6 Å². The number of anilines is 1. The van der Waals surface area contributed by atoms with Crippen molar-refractivity contribution in [3.05, 3.63) is 56.8 Å². The highest BCUT2D eigenvalue weighted by Crippen LogP contribution is 2.21. The number of nitrogens with zero attached hydrogens (tertiary/aromatic N) is 5. The number of hydrogen-bond donors (Lipinski definition) is 4. The van der Waals surface area contributed by atoms with Crippen LogP contribution in [0.25, 0.3) is 0 Å². The Balaban J connectivity index is 1.85. The van der Waals surface area contributed by atoms with Crippen LogP contribution < -0.4 is 22.0 Å². The van der Waals surface area contributed by atoms with Gasteiger partial charge in [-0.2, -0.15) is 0 Å². The van der Waals surface area contributed by atoms with E-state index in [-0.39, 0.29) is 40.3 Å². The average molecular weight is 526 g/mol. The monoisotopic (exact) mass is 525 g/mol. The number of carbonyl (C=O) groups excluding carboxylic acids is 3. The molecular weight excluding hydrogens is 510 g/mol. The van der Waals surface area contributed by atoms with Crippen LogP contribution in [0.5, 0.6) is 0 Å². The molecule has 0 fully saturated rings. The number of halogens is 1. The van der Waals surface area contributed by atoms with E-state index in [9.17, 15) is 24.5 Å². The van der Waals surface area contributed by atoms with Gasteiger partial charge in [-0.3, -0.25) is 35.3 Å². The van der Waals surface area contributed by atoms with Gasteiger partial charge >= 0.3 is 0 Å². The molecule has 14 nitrogen and oxygen atoms in total. The number of nitro groups is 1. The fourth-order valence-corrected chi connectivity index (χ4v) is 3.99. The molecule has 2 heterocycles. The molecule has 3 aromatic rings. The van der Waals surface area contributed by atoms with Crippen LogP contribution >= 0.6 is 34.7 Å². The van der Waals surface area contributed by atoms with E-state index in [4.69, 9.17) is 17.4 Å². The van der Waals surface area contributed by atoms with Crippen molar-refractivity contribution in [1.82, 2.24) is 25.3 Å². The normalized spacial score (nSPS) is 10.5. The van der Waals surface area contributed by atoms with Gasteiger partial charge in [-0.1, -0.05) is 17.8 Å². The number of nitro benzene ring substituents is 1. The highest BCUT2D eigenvalue weighted by Gasteiger charge is 2.20. The van der Waals surface area contributed by atoms with E-state index in [2.05, 4.69) is 25.9 Å². The van der Waals surface area contributed by atoms with Gasteiger partial charge in [-0.05, 0) is 6.07 Å². The number of non-ortho nitro benzene ring substituents is 1. The predicted octanol–water partition coefficient (Wildman–Crippen LogP) is 0.877. The molecule has 0 aliphatic rings. The molecule has 0 aliphatic heterocycles. The van der Waals surface area contributed by atoms with Crippen molar-refractivity contribution in [3.63, 3.8) is 0 Å². The van der Waals surface area contributed by atoms with Crippen LogP contribution in [0.15, 0.2) is 34.8 Å². The lowest BCUT2D eigenvalue weighted by molar-refractivity contribution is -0.384. The number of alkyl halides is 1. The van der Waals surface area contributed by atoms with Crippen LogP contribution in [-0.2, 0) is 16.0 Å². The Labute approximate surface area is 204 Å². The second-order valence-electron chi connectivity index (χ2n) is 6.34. The number of amides is 3. The summed E-state index contributed by atoms with van der Waals surface area (Å²) in [5.41, 5.74) is 4.87. The van der Waals surface area contributed by atoms with E-state index in [0.717, 1.165) is 17.8 Å². The summed E-state index contributed by atoms with van der Waals surface area (Å²) in [7, 11) is 0. The molecule has 1 aromatic carbocycles. The number of hydrogen-bond acceptors (Lipinski definition) is 11. The van der Waals surface area contributed by atoms with Gasteiger partial charge in [0.25, 0.3) is 11.6 Å². The smallest absolute Gasteiger partial charge is 0.270 e. The van der Waals surface area contributed by atoms with Crippen LogP contribution in [0.3, 0.4) is 0 Å². The number of nitrogens with one attached hydrogen (secondary N) is 3. The number of thiazole rings is 1. The van der Waals surface area contributed by atoms with Crippen molar-refractivity contribution in [3.8, 4) is 0 Å². The van der Waals surface area contributed by atoms with Gasteiger partial charge in [-0.15, -0.1) is 33.1 Å². The van der Waals surface area contributed by atoms with Gasteiger partial charge in [0.05, 0.1) is 22.8 Å². The summed E-state index contributed by atoms with van der Waals surface area (Å²) in [6.07, 6.45) is 0.110. The molecule has 0 saturated heterocycles. The van der Waals surface area contributed by atoms with E-state index in [1.54, 1.807) is 5.38 Å². The Bertz CT molecular complexity index is 1230. The number of hydrazine groups is 1. The first-order valence-corrected chi connectivity index (χ1v) is 11.6. The number of carbonyl (C=O) groups is 3. The third kappa shape index (κ3) is 6.47. The van der Waals surface area contributed by atoms with E-state index < -0.39 is 22.6 Å². The second kappa shape index (κ2) is 11.5. The average Bonchev–Trinajstić information content (AvgIpc) is 3.44. The molecule has 0 spiro atoms. The maximum absolute atomic E-state index is 12.8. The predicted molar refractivity (Wildman–Crippen MR) is 124 cm³/mol. The maximum atomic E-state index is 12.8. The summed E-state index contributed by atoms with van der Waals surface area (Å²) in [5, 5.41) is 23.8. The molecule has 0 atom stereocenters. The number of benzene rings is 1. The summed E-state index contributed by atoms with van der Waals surface area (Å²) in [5.74, 6) is 3.48. The Kier molecular flexibility index (Phi) is 8.47. The molecule has 3 amide bonds. The summed E-state index contributed by atoms with van der Waals surface area (Å²) in [4.78, 5) is 50.5. The molecule has 3 rings (SSSR count). The molecule has 17 heteroatoms. The van der Waals surface area contributed by atoms with Crippen molar-refractivity contribution in [2.75, 3.05) is 22.4 Å². The molecule has 34 heavy (non-hydrogen) atoms. The lowest BCUT2D eigenvalue weighted by Gasteiger charge is -2.11. The molecule has 0 saturated carbocycles. The molecular formula is C17H16ClN9O5S2. The van der Waals surface area contributed by atoms with E-state index >= 15 is 0 Å². The van der Waals surface area contributed by atoms with Crippen molar-refractivity contribution < 1.29 is 19.3 Å². The van der Waals surface area contributed by atoms with Crippen molar-refractivity contribution >= 4 is 63.2 Å². The van der Waals surface area contributed by atoms with E-state index in [0.29, 0.717) is 10.8 Å². The zero-order chi connectivity index (χ0) is 24.7. The summed E-state index contributed by atoms with van der Waals surface area (Å²) in [6.45, 7) is 0. The van der Waals surface area contributed by atoms with Gasteiger partial charge < -0.3 is 5.32 Å². The fourth-order valence-electron chi connectivity index (χ4n) is 2.48. The zero-order valence-corrected chi connectivity index (χ0v) is 19.4. The van der Waals surface area contributed by atoms with Crippen LogP contribution in [0.4, 0.5) is 10.8 Å². The van der Waals surface area contributed by atoms with E-state index in [1.807, 2.05) is 5.43 Å². The first kappa shape index (κ1) is 25.0. The largest absolute Gasteiger partial charge is 0.301 e. The minimum Gasteiger partial charge on any atom is -0.301 e. The molecule has 178 valence electrons. The minimum atomic E-state index is -0.664. The summed E-state index contributed by atoms with van der Waals surface area (Å²) < 4.78 is 1.26. The highest BCUT2D eigenvalue weighted by molar-refractivity contribution is 7.99.